The number of nitrogens with one attached hydrogen (secondary N) is 2. The lowest BCUT2D eigenvalue weighted by Gasteiger charge is -2.13. The van der Waals surface area contributed by atoms with Crippen LogP contribution in [0.4, 0.5) is 4.39 Å². The van der Waals surface area contributed by atoms with Gasteiger partial charge in [-0.1, -0.05) is 18.2 Å². The van der Waals surface area contributed by atoms with E-state index in [0.717, 1.165) is 17.0 Å². The van der Waals surface area contributed by atoms with E-state index in [1.54, 1.807) is 36.0 Å². The van der Waals surface area contributed by atoms with Crippen molar-refractivity contribution in [1.82, 2.24) is 25.1 Å². The summed E-state index contributed by atoms with van der Waals surface area (Å²) < 4.78 is 16.9. The fourth-order valence-electron chi connectivity index (χ4n) is 2.72. The lowest BCUT2D eigenvalue weighted by molar-refractivity contribution is -0.917. The van der Waals surface area contributed by atoms with Gasteiger partial charge in [-0.15, -0.1) is 0 Å². The molecule has 0 bridgehead atoms. The third-order valence-electron chi connectivity index (χ3n) is 4.06. The molecule has 0 fully saturated rings. The molecule has 1 aromatic heterocycles. The van der Waals surface area contributed by atoms with Crippen molar-refractivity contribution < 1.29 is 14.1 Å². The van der Waals surface area contributed by atoms with Crippen LogP contribution in [0.5, 0.6) is 0 Å². The molecule has 9 heteroatoms. The van der Waals surface area contributed by atoms with Crippen LogP contribution in [0.1, 0.15) is 15.9 Å². The number of carbonyl (C=O) groups excluding carboxylic acids is 1. The average molecular weight is 387 g/mol. The lowest BCUT2D eigenvalue weighted by Crippen LogP contribution is -3.07. The zero-order valence-corrected chi connectivity index (χ0v) is 15.8. The molecule has 2 N–H and O–H groups in total. The smallest absolute Gasteiger partial charge is 0.251 e. The van der Waals surface area contributed by atoms with Crippen molar-refractivity contribution >= 4 is 18.1 Å². The molecule has 2 aromatic carbocycles. The van der Waals surface area contributed by atoms with Crippen molar-refractivity contribution in [2.45, 2.75) is 13.2 Å². The van der Waals surface area contributed by atoms with E-state index < -0.39 is 0 Å². The van der Waals surface area contributed by atoms with E-state index in [-0.39, 0.29) is 11.7 Å². The molecule has 0 spiro atoms. The maximum atomic E-state index is 13.4. The van der Waals surface area contributed by atoms with E-state index in [4.69, 9.17) is 12.2 Å². The SMILES string of the molecule is CNC(=O)c1ccc(C[NH+](C)Cn2nnn(-c3cccc(F)c3)c2=S)cc1. The van der Waals surface area contributed by atoms with Gasteiger partial charge < -0.3 is 10.2 Å². The molecule has 1 unspecified atom stereocenters. The highest BCUT2D eigenvalue weighted by molar-refractivity contribution is 7.71. The molecule has 0 aliphatic heterocycles. The molecule has 0 saturated heterocycles. The summed E-state index contributed by atoms with van der Waals surface area (Å²) >= 11 is 5.41. The Balaban J connectivity index is 1.69. The van der Waals surface area contributed by atoms with E-state index in [2.05, 4.69) is 15.7 Å². The van der Waals surface area contributed by atoms with Crippen molar-refractivity contribution in [3.8, 4) is 5.69 Å². The molecule has 140 valence electrons. The number of hydrogen-bond acceptors (Lipinski definition) is 4. The highest BCUT2D eigenvalue weighted by Gasteiger charge is 2.11. The molecule has 7 nitrogen and oxygen atoms in total. The van der Waals surface area contributed by atoms with Crippen molar-refractivity contribution in [1.29, 1.82) is 0 Å². The number of hydrogen-bond donors (Lipinski definition) is 2. The largest absolute Gasteiger partial charge is 0.355 e. The molecule has 0 aliphatic rings. The number of benzene rings is 2. The molecule has 0 radical (unpaired) electrons. The van der Waals surface area contributed by atoms with Gasteiger partial charge >= 0.3 is 0 Å². The Labute approximate surface area is 161 Å². The van der Waals surface area contributed by atoms with Gasteiger partial charge in [0.1, 0.15) is 12.4 Å². The van der Waals surface area contributed by atoms with Crippen LogP contribution in [-0.4, -0.2) is 39.8 Å². The first kappa shape index (κ1) is 18.9. The fourth-order valence-corrected chi connectivity index (χ4v) is 2.96. The Kier molecular flexibility index (Phi) is 5.72. The van der Waals surface area contributed by atoms with Gasteiger partial charge in [0, 0.05) is 18.2 Å². The van der Waals surface area contributed by atoms with Gasteiger partial charge in [-0.05, 0) is 53.0 Å². The summed E-state index contributed by atoms with van der Waals surface area (Å²) in [6, 6.07) is 13.5. The molecule has 0 aliphatic carbocycles. The molecule has 27 heavy (non-hydrogen) atoms. The summed E-state index contributed by atoms with van der Waals surface area (Å²) in [6.45, 7) is 1.23. The number of tetrazole rings is 1. The van der Waals surface area contributed by atoms with Crippen molar-refractivity contribution in [3.63, 3.8) is 0 Å². The monoisotopic (exact) mass is 387 g/mol. The van der Waals surface area contributed by atoms with Gasteiger partial charge in [0.25, 0.3) is 5.91 Å². The van der Waals surface area contributed by atoms with Gasteiger partial charge in [-0.2, -0.15) is 9.36 Å². The number of rotatable bonds is 6. The summed E-state index contributed by atoms with van der Waals surface area (Å²) in [5, 5.41) is 10.7. The number of halogens is 1. The molecule has 1 heterocycles. The quantitative estimate of drug-likeness (QED) is 0.619. The van der Waals surface area contributed by atoms with Gasteiger partial charge in [0.05, 0.1) is 12.7 Å². The Morgan fingerprint density at radius 1 is 1.22 bits per heavy atom. The summed E-state index contributed by atoms with van der Waals surface area (Å²) in [5.41, 5.74) is 2.25. The van der Waals surface area contributed by atoms with Crippen LogP contribution in [0.3, 0.4) is 0 Å². The molecule has 0 saturated carbocycles. The first-order chi connectivity index (χ1) is 13.0. The summed E-state index contributed by atoms with van der Waals surface area (Å²) in [7, 11) is 3.62. The molecular formula is C18H20FN6OS+. The van der Waals surface area contributed by atoms with E-state index in [1.807, 2.05) is 19.2 Å². The number of aromatic nitrogens is 4. The van der Waals surface area contributed by atoms with E-state index in [9.17, 15) is 9.18 Å². The minimum atomic E-state index is -0.355. The Morgan fingerprint density at radius 3 is 2.63 bits per heavy atom. The lowest BCUT2D eigenvalue weighted by atomic mass is 10.1. The van der Waals surface area contributed by atoms with Crippen molar-refractivity contribution in [2.75, 3.05) is 14.1 Å². The van der Waals surface area contributed by atoms with Crippen molar-refractivity contribution in [3.05, 3.63) is 70.2 Å². The van der Waals surface area contributed by atoms with E-state index >= 15 is 0 Å². The Morgan fingerprint density at radius 2 is 1.96 bits per heavy atom. The second-order valence-corrected chi connectivity index (χ2v) is 6.59. The second-order valence-electron chi connectivity index (χ2n) is 6.22. The van der Waals surface area contributed by atoms with Crippen LogP contribution in [0.15, 0.2) is 48.5 Å². The predicted octanol–water partition coefficient (Wildman–Crippen LogP) is 0.969. The number of quaternary nitrogens is 1. The van der Waals surface area contributed by atoms with E-state index in [1.165, 1.54) is 16.8 Å². The minimum absolute atomic E-state index is 0.109. The van der Waals surface area contributed by atoms with E-state index in [0.29, 0.717) is 22.7 Å². The molecule has 1 amide bonds. The average Bonchev–Trinajstić information content (AvgIpc) is 3.02. The molecule has 1 atom stereocenters. The Hall–Kier alpha value is -2.91. The maximum absolute atomic E-state index is 13.4. The predicted molar refractivity (Wildman–Crippen MR) is 101 cm³/mol. The third-order valence-corrected chi connectivity index (χ3v) is 4.44. The second kappa shape index (κ2) is 8.19. The van der Waals surface area contributed by atoms with Gasteiger partial charge in [0.2, 0.25) is 4.77 Å². The van der Waals surface area contributed by atoms with Crippen molar-refractivity contribution in [2.24, 2.45) is 0 Å². The van der Waals surface area contributed by atoms with Crippen LogP contribution < -0.4 is 10.2 Å². The number of carbonyl (C=O) groups is 1. The summed E-state index contributed by atoms with van der Waals surface area (Å²) in [6.07, 6.45) is 0. The van der Waals surface area contributed by atoms with Gasteiger partial charge in [-0.3, -0.25) is 4.79 Å². The normalized spacial score (nSPS) is 12.0. The molecule has 3 rings (SSSR count). The standard InChI is InChI=1S/C18H19FN6OS/c1-20-17(26)14-8-6-13(7-9-14)11-23(2)12-24-18(27)25(22-21-24)16-5-3-4-15(19)10-16/h3-10H,11-12H2,1-2H3,(H,20,26)/p+1. The third kappa shape index (κ3) is 4.44. The fraction of sp³-hybridized carbons (Fsp3) is 0.222. The van der Waals surface area contributed by atoms with Crippen LogP contribution in [0.2, 0.25) is 0 Å². The maximum Gasteiger partial charge on any atom is 0.251 e. The van der Waals surface area contributed by atoms with Crippen LogP contribution >= 0.6 is 12.2 Å². The molecule has 3 aromatic rings. The van der Waals surface area contributed by atoms with Gasteiger partial charge in [-0.25, -0.2) is 4.39 Å². The number of nitrogens with zero attached hydrogens (tertiary/aromatic N) is 4. The van der Waals surface area contributed by atoms with Crippen LogP contribution in [0, 0.1) is 10.6 Å². The highest BCUT2D eigenvalue weighted by atomic mass is 32.1. The Bertz CT molecular complexity index is 998. The zero-order chi connectivity index (χ0) is 19.4. The van der Waals surface area contributed by atoms with Crippen LogP contribution in [-0.2, 0) is 13.2 Å². The highest BCUT2D eigenvalue weighted by Crippen LogP contribution is 2.08. The summed E-state index contributed by atoms with van der Waals surface area (Å²) in [5.74, 6) is -0.464. The minimum Gasteiger partial charge on any atom is -0.355 e. The zero-order valence-electron chi connectivity index (χ0n) is 15.0. The first-order valence-corrected chi connectivity index (χ1v) is 8.80. The first-order valence-electron chi connectivity index (χ1n) is 8.39. The number of amides is 1. The summed E-state index contributed by atoms with van der Waals surface area (Å²) in [4.78, 5) is 12.7. The molecular weight excluding hydrogens is 367 g/mol. The topological polar surface area (TPSA) is 69.2 Å². The van der Waals surface area contributed by atoms with Gasteiger partial charge in [0.15, 0.2) is 6.67 Å². The van der Waals surface area contributed by atoms with Crippen LogP contribution in [0.25, 0.3) is 5.69 Å².